The molecular weight excluding hydrogens is 342 g/mol. The van der Waals surface area contributed by atoms with Gasteiger partial charge in [-0.2, -0.15) is 0 Å². The van der Waals surface area contributed by atoms with Crippen molar-refractivity contribution in [1.29, 1.82) is 0 Å². The van der Waals surface area contributed by atoms with Crippen molar-refractivity contribution in [2.24, 2.45) is 5.92 Å². The number of nitrogens with zero attached hydrogens (tertiary/aromatic N) is 2. The third kappa shape index (κ3) is 4.96. The first-order chi connectivity index (χ1) is 13.1. The van der Waals surface area contributed by atoms with Crippen LogP contribution in [0.5, 0.6) is 0 Å². The monoisotopic (exact) mass is 371 g/mol. The molecule has 6 nitrogen and oxygen atoms in total. The van der Waals surface area contributed by atoms with Crippen molar-refractivity contribution in [3.05, 3.63) is 41.3 Å². The third-order valence-electron chi connectivity index (χ3n) is 5.12. The number of likely N-dealkylation sites (tertiary alicyclic amines) is 1. The van der Waals surface area contributed by atoms with E-state index in [9.17, 15) is 4.79 Å². The summed E-state index contributed by atoms with van der Waals surface area (Å²) in [5.74, 6) is 1.67. The molecule has 1 saturated heterocycles. The zero-order valence-corrected chi connectivity index (χ0v) is 16.5. The minimum absolute atomic E-state index is 0.0265. The van der Waals surface area contributed by atoms with Gasteiger partial charge in [0, 0.05) is 32.3 Å². The molecule has 1 aliphatic rings. The van der Waals surface area contributed by atoms with Crippen LogP contribution in [0.15, 0.2) is 28.7 Å². The second-order valence-corrected chi connectivity index (χ2v) is 7.19. The van der Waals surface area contributed by atoms with Gasteiger partial charge in [0.15, 0.2) is 0 Å². The van der Waals surface area contributed by atoms with Crippen LogP contribution in [-0.4, -0.2) is 49.1 Å². The Morgan fingerprint density at radius 2 is 2.19 bits per heavy atom. The number of oxazole rings is 1. The fourth-order valence-electron chi connectivity index (χ4n) is 3.55. The maximum absolute atomic E-state index is 12.3. The number of amides is 1. The minimum Gasteiger partial charge on any atom is -0.441 e. The molecule has 2 heterocycles. The lowest BCUT2D eigenvalue weighted by atomic mass is 9.97. The lowest BCUT2D eigenvalue weighted by molar-refractivity contribution is -0.127. The van der Waals surface area contributed by atoms with Gasteiger partial charge in [-0.15, -0.1) is 0 Å². The number of piperidine rings is 1. The third-order valence-corrected chi connectivity index (χ3v) is 5.12. The Balaban J connectivity index is 1.63. The number of carbonyl (C=O) groups is 1. The van der Waals surface area contributed by atoms with Crippen LogP contribution in [0.2, 0.25) is 0 Å². The van der Waals surface area contributed by atoms with E-state index in [1.807, 2.05) is 25.1 Å². The highest BCUT2D eigenvalue weighted by Crippen LogP contribution is 2.26. The highest BCUT2D eigenvalue weighted by Gasteiger charge is 2.26. The number of nitrogens with one attached hydrogen (secondary N) is 1. The number of rotatable bonds is 7. The average molecular weight is 371 g/mol. The highest BCUT2D eigenvalue weighted by atomic mass is 16.5. The summed E-state index contributed by atoms with van der Waals surface area (Å²) in [4.78, 5) is 19.4. The molecule has 1 atom stereocenters. The largest absolute Gasteiger partial charge is 0.441 e. The second-order valence-electron chi connectivity index (χ2n) is 7.19. The minimum atomic E-state index is 0.0265. The average Bonchev–Trinajstić information content (AvgIpc) is 3.02. The van der Waals surface area contributed by atoms with Gasteiger partial charge in [-0.3, -0.25) is 9.69 Å². The normalized spacial score (nSPS) is 17.8. The molecule has 0 bridgehead atoms. The van der Waals surface area contributed by atoms with Gasteiger partial charge in [0.2, 0.25) is 11.8 Å². The predicted octanol–water partition coefficient (Wildman–Crippen LogP) is 2.93. The number of aryl methyl sites for hydroxylation is 2. The Kier molecular flexibility index (Phi) is 6.63. The zero-order chi connectivity index (χ0) is 19.2. The van der Waals surface area contributed by atoms with E-state index in [4.69, 9.17) is 14.1 Å². The number of hydrogen-bond donors (Lipinski definition) is 1. The molecule has 0 aliphatic carbocycles. The molecule has 1 amide bonds. The predicted molar refractivity (Wildman–Crippen MR) is 104 cm³/mol. The van der Waals surface area contributed by atoms with Crippen molar-refractivity contribution in [3.8, 4) is 11.5 Å². The fraction of sp³-hybridized carbons (Fsp3) is 0.524. The molecule has 1 aromatic heterocycles. The van der Waals surface area contributed by atoms with Crippen LogP contribution >= 0.6 is 0 Å². The van der Waals surface area contributed by atoms with Gasteiger partial charge < -0.3 is 14.5 Å². The molecule has 146 valence electrons. The van der Waals surface area contributed by atoms with Crippen LogP contribution in [0.3, 0.4) is 0 Å². The van der Waals surface area contributed by atoms with Crippen LogP contribution in [-0.2, 0) is 16.1 Å². The van der Waals surface area contributed by atoms with Crippen LogP contribution in [0, 0.1) is 19.8 Å². The molecule has 0 radical (unpaired) electrons. The lowest BCUT2D eigenvalue weighted by Gasteiger charge is -2.31. The molecule has 1 N–H and O–H groups in total. The van der Waals surface area contributed by atoms with E-state index >= 15 is 0 Å². The van der Waals surface area contributed by atoms with Crippen LogP contribution in [0.1, 0.15) is 29.9 Å². The van der Waals surface area contributed by atoms with E-state index < -0.39 is 0 Å². The van der Waals surface area contributed by atoms with E-state index in [-0.39, 0.29) is 11.8 Å². The number of aromatic nitrogens is 1. The van der Waals surface area contributed by atoms with Crippen molar-refractivity contribution in [2.75, 3.05) is 33.4 Å². The summed E-state index contributed by atoms with van der Waals surface area (Å²) >= 11 is 0. The fourth-order valence-corrected chi connectivity index (χ4v) is 3.55. The lowest BCUT2D eigenvalue weighted by Crippen LogP contribution is -2.43. The summed E-state index contributed by atoms with van der Waals surface area (Å²) < 4.78 is 10.9. The van der Waals surface area contributed by atoms with Gasteiger partial charge in [0.25, 0.3) is 0 Å². The van der Waals surface area contributed by atoms with Crippen molar-refractivity contribution >= 4 is 5.91 Å². The number of methoxy groups -OCH3 is 1. The van der Waals surface area contributed by atoms with Gasteiger partial charge in [-0.05, 0) is 44.9 Å². The zero-order valence-electron chi connectivity index (χ0n) is 16.5. The number of ether oxygens (including phenoxy) is 1. The number of carbonyl (C=O) groups excluding carboxylic acids is 1. The molecule has 0 spiro atoms. The van der Waals surface area contributed by atoms with Crippen molar-refractivity contribution in [3.63, 3.8) is 0 Å². The highest BCUT2D eigenvalue weighted by molar-refractivity contribution is 5.78. The van der Waals surface area contributed by atoms with E-state index in [1.165, 1.54) is 0 Å². The first-order valence-electron chi connectivity index (χ1n) is 9.59. The topological polar surface area (TPSA) is 67.6 Å². The van der Waals surface area contributed by atoms with Crippen LogP contribution < -0.4 is 5.32 Å². The smallest absolute Gasteiger partial charge is 0.226 e. The van der Waals surface area contributed by atoms with Crippen molar-refractivity contribution in [2.45, 2.75) is 33.2 Å². The van der Waals surface area contributed by atoms with Gasteiger partial charge in [-0.25, -0.2) is 4.98 Å². The first kappa shape index (κ1) is 19.6. The Labute approximate surface area is 160 Å². The Hall–Kier alpha value is -2.18. The summed E-state index contributed by atoms with van der Waals surface area (Å²) in [6.07, 6.45) is 1.95. The van der Waals surface area contributed by atoms with E-state index in [2.05, 4.69) is 23.2 Å². The maximum Gasteiger partial charge on any atom is 0.226 e. The molecule has 1 aliphatic heterocycles. The molecule has 1 aromatic carbocycles. The summed E-state index contributed by atoms with van der Waals surface area (Å²) in [6.45, 7) is 7.58. The SMILES string of the molecule is COCCNC(=O)C1CCCN(Cc2nc(-c3ccccc3C)oc2C)C1. The second kappa shape index (κ2) is 9.15. The van der Waals surface area contributed by atoms with Crippen molar-refractivity contribution < 1.29 is 13.9 Å². The Morgan fingerprint density at radius 3 is 2.96 bits per heavy atom. The molecule has 27 heavy (non-hydrogen) atoms. The van der Waals surface area contributed by atoms with Crippen molar-refractivity contribution in [1.82, 2.24) is 15.2 Å². The van der Waals surface area contributed by atoms with Crippen LogP contribution in [0.4, 0.5) is 0 Å². The molecule has 1 unspecified atom stereocenters. The molecule has 6 heteroatoms. The Bertz CT molecular complexity index is 772. The number of hydrogen-bond acceptors (Lipinski definition) is 5. The van der Waals surface area contributed by atoms with Gasteiger partial charge >= 0.3 is 0 Å². The number of benzene rings is 1. The summed E-state index contributed by atoms with van der Waals surface area (Å²) in [5, 5.41) is 2.96. The molecule has 0 saturated carbocycles. The molecule has 2 aromatic rings. The molecular formula is C21H29N3O3. The standard InChI is InChI=1S/C21H29N3O3/c1-15-7-4-5-9-18(15)21-23-19(16(2)27-21)14-24-11-6-8-17(13-24)20(25)22-10-12-26-3/h4-5,7,9,17H,6,8,10-14H2,1-3H3,(H,22,25). The van der Waals surface area contributed by atoms with Crippen LogP contribution in [0.25, 0.3) is 11.5 Å². The molecule has 3 rings (SSSR count). The van der Waals surface area contributed by atoms with Gasteiger partial charge in [0.1, 0.15) is 5.76 Å². The molecule has 1 fully saturated rings. The first-order valence-corrected chi connectivity index (χ1v) is 9.59. The van der Waals surface area contributed by atoms with E-state index in [1.54, 1.807) is 7.11 Å². The summed E-state index contributed by atoms with van der Waals surface area (Å²) in [5.41, 5.74) is 3.13. The van der Waals surface area contributed by atoms with Gasteiger partial charge in [-0.1, -0.05) is 18.2 Å². The summed E-state index contributed by atoms with van der Waals surface area (Å²) in [6, 6.07) is 8.11. The van der Waals surface area contributed by atoms with E-state index in [0.717, 1.165) is 48.5 Å². The Morgan fingerprint density at radius 1 is 1.37 bits per heavy atom. The summed E-state index contributed by atoms with van der Waals surface area (Å²) in [7, 11) is 1.64. The van der Waals surface area contributed by atoms with Gasteiger partial charge in [0.05, 0.1) is 18.2 Å². The quantitative estimate of drug-likeness (QED) is 0.758. The van der Waals surface area contributed by atoms with E-state index in [0.29, 0.717) is 25.6 Å². The maximum atomic E-state index is 12.3.